The molecule has 3 rings (SSSR count). The average molecular weight is 421 g/mol. The molecular formula is C25H27NO5. The fraction of sp³-hybridized carbons (Fsp3) is 0.280. The largest absolute Gasteiger partial charge is 0.488 e. The van der Waals surface area contributed by atoms with Gasteiger partial charge in [-0.15, -0.1) is 0 Å². The summed E-state index contributed by atoms with van der Waals surface area (Å²) in [5.74, 6) is -0.0830. The second-order valence-electron chi connectivity index (χ2n) is 7.32. The molecule has 0 saturated heterocycles. The molecule has 0 fully saturated rings. The van der Waals surface area contributed by atoms with Gasteiger partial charge in [0.25, 0.3) is 0 Å². The molecule has 0 radical (unpaired) electrons. The van der Waals surface area contributed by atoms with Crippen molar-refractivity contribution >= 4 is 5.97 Å². The summed E-state index contributed by atoms with van der Waals surface area (Å²) in [6.07, 6.45) is 0.745. The normalized spacial score (nSPS) is 12.8. The van der Waals surface area contributed by atoms with Gasteiger partial charge in [0.1, 0.15) is 17.9 Å². The number of esters is 1. The quantitative estimate of drug-likeness (QED) is 0.551. The molecule has 6 heteroatoms. The number of aliphatic hydroxyl groups excluding tert-OH is 1. The number of hydrogen-bond donors (Lipinski definition) is 1. The van der Waals surface area contributed by atoms with Crippen LogP contribution in [0, 0.1) is 0 Å². The highest BCUT2D eigenvalue weighted by molar-refractivity contribution is 5.89. The fourth-order valence-corrected chi connectivity index (χ4v) is 3.24. The molecule has 1 heterocycles. The molecule has 0 amide bonds. The van der Waals surface area contributed by atoms with Gasteiger partial charge in [0.2, 0.25) is 0 Å². The van der Waals surface area contributed by atoms with Crippen LogP contribution in [0.25, 0.3) is 11.3 Å². The highest BCUT2D eigenvalue weighted by Crippen LogP contribution is 2.32. The average Bonchev–Trinajstić information content (AvgIpc) is 2.78. The maximum absolute atomic E-state index is 12.7. The molecule has 0 aliphatic heterocycles. The number of ether oxygens (including phenoxy) is 2. The van der Waals surface area contributed by atoms with Crippen LogP contribution in [0.4, 0.5) is 0 Å². The first-order chi connectivity index (χ1) is 14.9. The van der Waals surface area contributed by atoms with E-state index in [0.717, 1.165) is 5.56 Å². The lowest BCUT2D eigenvalue weighted by atomic mass is 10.1. The smallest absolute Gasteiger partial charge is 0.343 e. The van der Waals surface area contributed by atoms with E-state index in [0.29, 0.717) is 23.6 Å². The first-order valence-corrected chi connectivity index (χ1v) is 10.3. The van der Waals surface area contributed by atoms with E-state index in [4.69, 9.17) is 9.47 Å². The second kappa shape index (κ2) is 10.1. The molecule has 0 aliphatic carbocycles. The van der Waals surface area contributed by atoms with Gasteiger partial charge in [-0.25, -0.2) is 4.79 Å². The molecule has 2 atom stereocenters. The molecule has 6 nitrogen and oxygen atoms in total. The first-order valence-electron chi connectivity index (χ1n) is 10.3. The lowest BCUT2D eigenvalue weighted by Gasteiger charge is -2.24. The summed E-state index contributed by atoms with van der Waals surface area (Å²) in [6, 6.07) is 18.2. The molecule has 3 aromatic rings. The lowest BCUT2D eigenvalue weighted by Crippen LogP contribution is -2.26. The van der Waals surface area contributed by atoms with Crippen LogP contribution in [0.1, 0.15) is 42.7 Å². The summed E-state index contributed by atoms with van der Waals surface area (Å²) in [5, 5.41) is 10.2. The molecule has 0 saturated carbocycles. The molecule has 0 spiro atoms. The Balaban J connectivity index is 2.08. The van der Waals surface area contributed by atoms with E-state index in [2.05, 4.69) is 0 Å². The number of pyridine rings is 1. The molecule has 1 N–H and O–H groups in total. The summed E-state index contributed by atoms with van der Waals surface area (Å²) >= 11 is 0. The number of rotatable bonds is 8. The number of aromatic nitrogens is 1. The molecule has 0 aliphatic rings. The molecule has 2 unspecified atom stereocenters. The zero-order valence-electron chi connectivity index (χ0n) is 17.9. The number of carbonyl (C=O) groups is 1. The Labute approximate surface area is 181 Å². The van der Waals surface area contributed by atoms with Crippen molar-refractivity contribution in [1.82, 2.24) is 4.57 Å². The van der Waals surface area contributed by atoms with Gasteiger partial charge in [0, 0.05) is 17.8 Å². The number of nitrogens with zero attached hydrogens (tertiary/aromatic N) is 1. The maximum Gasteiger partial charge on any atom is 0.343 e. The Kier molecular flexibility index (Phi) is 7.26. The van der Waals surface area contributed by atoms with E-state index >= 15 is 0 Å². The maximum atomic E-state index is 12.7. The monoisotopic (exact) mass is 421 g/mol. The van der Waals surface area contributed by atoms with Crippen LogP contribution in [-0.2, 0) is 11.3 Å². The third-order valence-electron chi connectivity index (χ3n) is 5.11. The second-order valence-corrected chi connectivity index (χ2v) is 7.32. The minimum absolute atomic E-state index is 0.0687. The van der Waals surface area contributed by atoms with Gasteiger partial charge in [-0.05, 0) is 38.5 Å². The summed E-state index contributed by atoms with van der Waals surface area (Å²) in [4.78, 5) is 25.0. The predicted octanol–water partition coefficient (Wildman–Crippen LogP) is 4.21. The zero-order valence-corrected chi connectivity index (χ0v) is 17.9. The standard InChI is InChI=1S/C25H27NO5/c1-4-30-25(29)21-15-26(17(2)18(3)27)22(14-23(21)28)20-12-8-9-13-24(20)31-16-19-10-6-5-7-11-19/h5-15,17-18,27H,4,16H2,1-3H3. The SMILES string of the molecule is CCOC(=O)c1cn(C(C)C(C)O)c(-c2ccccc2OCc2ccccc2)cc1=O. The van der Waals surface area contributed by atoms with E-state index in [1.54, 1.807) is 18.4 Å². The van der Waals surface area contributed by atoms with Crippen molar-refractivity contribution in [2.24, 2.45) is 0 Å². The van der Waals surface area contributed by atoms with Crippen molar-refractivity contribution in [3.8, 4) is 17.0 Å². The van der Waals surface area contributed by atoms with Crippen LogP contribution >= 0.6 is 0 Å². The highest BCUT2D eigenvalue weighted by atomic mass is 16.5. The number of carbonyl (C=O) groups excluding carboxylic acids is 1. The van der Waals surface area contributed by atoms with Gasteiger partial charge >= 0.3 is 5.97 Å². The Morgan fingerprint density at radius 1 is 1.06 bits per heavy atom. The topological polar surface area (TPSA) is 77.8 Å². The van der Waals surface area contributed by atoms with Gasteiger partial charge < -0.3 is 19.1 Å². The number of benzene rings is 2. The molecule has 31 heavy (non-hydrogen) atoms. The molecule has 2 aromatic carbocycles. The van der Waals surface area contributed by atoms with Crippen molar-refractivity contribution in [2.75, 3.05) is 6.61 Å². The van der Waals surface area contributed by atoms with Gasteiger partial charge in [0.15, 0.2) is 5.43 Å². The lowest BCUT2D eigenvalue weighted by molar-refractivity contribution is 0.0522. The minimum Gasteiger partial charge on any atom is -0.488 e. The fourth-order valence-electron chi connectivity index (χ4n) is 3.24. The summed E-state index contributed by atoms with van der Waals surface area (Å²) in [5.41, 5.74) is 1.75. The Morgan fingerprint density at radius 3 is 2.42 bits per heavy atom. The van der Waals surface area contributed by atoms with Crippen molar-refractivity contribution in [3.63, 3.8) is 0 Å². The molecule has 1 aromatic heterocycles. The Bertz CT molecular complexity index is 1090. The van der Waals surface area contributed by atoms with E-state index in [9.17, 15) is 14.7 Å². The summed E-state index contributed by atoms with van der Waals surface area (Å²) < 4.78 is 12.8. The van der Waals surface area contributed by atoms with Gasteiger partial charge in [0.05, 0.1) is 24.4 Å². The van der Waals surface area contributed by atoms with E-state index in [-0.39, 0.29) is 12.2 Å². The zero-order chi connectivity index (χ0) is 22.4. The Hall–Kier alpha value is -3.38. The van der Waals surface area contributed by atoms with E-state index < -0.39 is 23.5 Å². The molecule has 162 valence electrons. The van der Waals surface area contributed by atoms with Crippen LogP contribution < -0.4 is 10.2 Å². The van der Waals surface area contributed by atoms with Crippen molar-refractivity contribution in [2.45, 2.75) is 39.5 Å². The summed E-state index contributed by atoms with van der Waals surface area (Å²) in [6.45, 7) is 5.70. The van der Waals surface area contributed by atoms with Gasteiger partial charge in [-0.2, -0.15) is 0 Å². The third kappa shape index (κ3) is 5.22. The molecule has 0 bridgehead atoms. The number of hydrogen-bond acceptors (Lipinski definition) is 5. The highest BCUT2D eigenvalue weighted by Gasteiger charge is 2.22. The van der Waals surface area contributed by atoms with Crippen LogP contribution in [0.3, 0.4) is 0 Å². The van der Waals surface area contributed by atoms with Gasteiger partial charge in [-0.3, -0.25) is 4.79 Å². The summed E-state index contributed by atoms with van der Waals surface area (Å²) in [7, 11) is 0. The van der Waals surface area contributed by atoms with Crippen molar-refractivity contribution in [1.29, 1.82) is 0 Å². The van der Waals surface area contributed by atoms with Crippen LogP contribution in [0.2, 0.25) is 0 Å². The predicted molar refractivity (Wildman–Crippen MR) is 119 cm³/mol. The number of para-hydroxylation sites is 1. The van der Waals surface area contributed by atoms with E-state index in [1.807, 2.05) is 61.5 Å². The van der Waals surface area contributed by atoms with Crippen molar-refractivity contribution < 1.29 is 19.4 Å². The van der Waals surface area contributed by atoms with Gasteiger partial charge in [-0.1, -0.05) is 42.5 Å². The minimum atomic E-state index is -0.714. The van der Waals surface area contributed by atoms with Crippen LogP contribution in [-0.4, -0.2) is 28.4 Å². The molecular weight excluding hydrogens is 394 g/mol. The first kappa shape index (κ1) is 22.3. The van der Waals surface area contributed by atoms with Crippen LogP contribution in [0.5, 0.6) is 5.75 Å². The van der Waals surface area contributed by atoms with Crippen molar-refractivity contribution in [3.05, 3.63) is 88.2 Å². The Morgan fingerprint density at radius 2 is 1.74 bits per heavy atom. The van der Waals surface area contributed by atoms with Crippen LogP contribution in [0.15, 0.2) is 71.7 Å². The third-order valence-corrected chi connectivity index (χ3v) is 5.11. The van der Waals surface area contributed by atoms with E-state index in [1.165, 1.54) is 12.3 Å². The number of aliphatic hydroxyl groups is 1.